The lowest BCUT2D eigenvalue weighted by Crippen LogP contribution is -2.22. The molecule has 1 aliphatic rings. The number of rotatable bonds is 4. The van der Waals surface area contributed by atoms with Crippen LogP contribution in [0.4, 0.5) is 24.5 Å². The maximum atomic E-state index is 13.6. The Morgan fingerprint density at radius 1 is 1.14 bits per heavy atom. The molecule has 0 spiro atoms. The first-order valence-corrected chi connectivity index (χ1v) is 8.82. The van der Waals surface area contributed by atoms with E-state index < -0.39 is 17.5 Å². The number of halogens is 3. The third kappa shape index (κ3) is 3.49. The number of nitrogens with one attached hydrogen (secondary N) is 1. The zero-order valence-electron chi connectivity index (χ0n) is 15.5. The molecule has 1 N–H and O–H groups in total. The first kappa shape index (κ1) is 18.8. The van der Waals surface area contributed by atoms with Gasteiger partial charge in [0.1, 0.15) is 0 Å². The Bertz CT molecular complexity index is 1120. The van der Waals surface area contributed by atoms with E-state index in [1.807, 2.05) is 19.2 Å². The molecule has 1 aromatic heterocycles. The molecule has 0 radical (unpaired) electrons. The fourth-order valence-electron chi connectivity index (χ4n) is 3.39. The summed E-state index contributed by atoms with van der Waals surface area (Å²) in [5.74, 6) is -4.27. The Morgan fingerprint density at radius 2 is 1.79 bits per heavy atom. The number of benzene rings is 2. The van der Waals surface area contributed by atoms with Crippen LogP contribution >= 0.6 is 0 Å². The van der Waals surface area contributed by atoms with Crippen LogP contribution < -0.4 is 5.32 Å². The largest absolute Gasteiger partial charge is 0.355 e. The quantitative estimate of drug-likeness (QED) is 0.527. The molecule has 0 bridgehead atoms. The fraction of sp³-hybridized carbons (Fsp3) is 0.143. The van der Waals surface area contributed by atoms with Crippen molar-refractivity contribution < 1.29 is 18.0 Å². The van der Waals surface area contributed by atoms with E-state index in [9.17, 15) is 18.0 Å². The molecule has 0 saturated carbocycles. The number of hydrogen-bond donors (Lipinski definition) is 1. The van der Waals surface area contributed by atoms with Crippen LogP contribution in [0.3, 0.4) is 0 Å². The molecule has 4 rings (SSSR count). The summed E-state index contributed by atoms with van der Waals surface area (Å²) in [6.07, 6.45) is 4.70. The minimum atomic E-state index is -1.52. The van der Waals surface area contributed by atoms with Crippen molar-refractivity contribution in [2.75, 3.05) is 5.32 Å². The summed E-state index contributed by atoms with van der Waals surface area (Å²) in [6.45, 7) is 4.34. The minimum absolute atomic E-state index is 0.0653. The molecule has 148 valence electrons. The average Bonchev–Trinajstić information content (AvgIpc) is 3.30. The number of amides is 1. The summed E-state index contributed by atoms with van der Waals surface area (Å²) in [7, 11) is 1.83. The lowest BCUT2D eigenvalue weighted by atomic mass is 10.0. The van der Waals surface area contributed by atoms with Gasteiger partial charge in [0.15, 0.2) is 17.5 Å². The monoisotopic (exact) mass is 398 g/mol. The van der Waals surface area contributed by atoms with Crippen LogP contribution in [0, 0.1) is 17.5 Å². The lowest BCUT2D eigenvalue weighted by molar-refractivity contribution is -0.126. The van der Waals surface area contributed by atoms with Crippen molar-refractivity contribution in [2.45, 2.75) is 13.1 Å². The number of nitrogens with zero attached hydrogens (tertiary/aromatic N) is 3. The van der Waals surface area contributed by atoms with Crippen molar-refractivity contribution in [3.05, 3.63) is 78.0 Å². The number of aromatic nitrogens is 2. The molecule has 0 saturated heterocycles. The van der Waals surface area contributed by atoms with Gasteiger partial charge in [0.2, 0.25) is 5.91 Å². The highest BCUT2D eigenvalue weighted by atomic mass is 19.2. The highest BCUT2D eigenvalue weighted by molar-refractivity contribution is 5.88. The lowest BCUT2D eigenvalue weighted by Gasteiger charge is -2.14. The highest BCUT2D eigenvalue weighted by Crippen LogP contribution is 2.36. The van der Waals surface area contributed by atoms with E-state index >= 15 is 0 Å². The molecule has 0 unspecified atom stereocenters. The van der Waals surface area contributed by atoms with E-state index in [1.54, 1.807) is 22.0 Å². The van der Waals surface area contributed by atoms with Crippen molar-refractivity contribution in [2.24, 2.45) is 7.05 Å². The third-order valence-electron chi connectivity index (χ3n) is 4.79. The van der Waals surface area contributed by atoms with Gasteiger partial charge in [-0.1, -0.05) is 6.58 Å². The molecule has 2 heterocycles. The first-order valence-electron chi connectivity index (χ1n) is 8.82. The molecule has 2 aromatic carbocycles. The molecular weight excluding hydrogens is 381 g/mol. The zero-order valence-corrected chi connectivity index (χ0v) is 15.5. The van der Waals surface area contributed by atoms with Gasteiger partial charge in [-0.05, 0) is 29.3 Å². The van der Waals surface area contributed by atoms with Gasteiger partial charge in [-0.15, -0.1) is 0 Å². The van der Waals surface area contributed by atoms with Crippen molar-refractivity contribution in [3.63, 3.8) is 0 Å². The van der Waals surface area contributed by atoms with E-state index in [0.29, 0.717) is 30.0 Å². The van der Waals surface area contributed by atoms with Gasteiger partial charge in [-0.3, -0.25) is 4.79 Å². The molecule has 5 nitrogen and oxygen atoms in total. The van der Waals surface area contributed by atoms with Crippen LogP contribution in [0.1, 0.15) is 11.1 Å². The molecular formula is C21H17F3N4O. The normalized spacial score (nSPS) is 12.8. The summed E-state index contributed by atoms with van der Waals surface area (Å²) in [5.41, 5.74) is 3.79. The van der Waals surface area contributed by atoms with Crippen LogP contribution in [0.5, 0.6) is 0 Å². The maximum absolute atomic E-state index is 13.6. The molecule has 8 heteroatoms. The van der Waals surface area contributed by atoms with Crippen LogP contribution in [0.2, 0.25) is 0 Å². The number of anilines is 2. The summed E-state index contributed by atoms with van der Waals surface area (Å²) < 4.78 is 42.4. The third-order valence-corrected chi connectivity index (χ3v) is 4.79. The first-order chi connectivity index (χ1) is 13.9. The Kier molecular flexibility index (Phi) is 4.62. The second kappa shape index (κ2) is 7.12. The van der Waals surface area contributed by atoms with E-state index in [0.717, 1.165) is 23.3 Å². The highest BCUT2D eigenvalue weighted by Gasteiger charge is 2.24. The van der Waals surface area contributed by atoms with E-state index in [4.69, 9.17) is 0 Å². The summed E-state index contributed by atoms with van der Waals surface area (Å²) in [4.78, 5) is 18.0. The average molecular weight is 398 g/mol. The van der Waals surface area contributed by atoms with Crippen molar-refractivity contribution in [3.8, 4) is 11.3 Å². The van der Waals surface area contributed by atoms with Gasteiger partial charge in [-0.25, -0.2) is 18.2 Å². The molecule has 1 aliphatic heterocycles. The standard InChI is InChI=1S/C21H17F3N4O/c1-3-20(29)28-8-12-4-15(19-10-27(2)11-25-19)18(5-13(12)9-28)26-14-6-16(22)21(24)17(23)7-14/h3-7,10-11,26H,1,8-9H2,2H3. The van der Waals surface area contributed by atoms with Gasteiger partial charge >= 0.3 is 0 Å². The van der Waals surface area contributed by atoms with Crippen molar-refractivity contribution in [1.82, 2.24) is 14.5 Å². The van der Waals surface area contributed by atoms with Gasteiger partial charge in [0.05, 0.1) is 12.0 Å². The van der Waals surface area contributed by atoms with Gasteiger partial charge < -0.3 is 14.8 Å². The van der Waals surface area contributed by atoms with Crippen molar-refractivity contribution >= 4 is 17.3 Å². The van der Waals surface area contributed by atoms with Crippen molar-refractivity contribution in [1.29, 1.82) is 0 Å². The zero-order chi connectivity index (χ0) is 20.7. The SMILES string of the molecule is C=CC(=O)N1Cc2cc(Nc3cc(F)c(F)c(F)c3)c(-c3cn(C)cn3)cc2C1. The summed E-state index contributed by atoms with van der Waals surface area (Å²) >= 11 is 0. The van der Waals surface area contributed by atoms with Crippen LogP contribution in [-0.2, 0) is 24.9 Å². The predicted octanol–water partition coefficient (Wildman–Crippen LogP) is 4.28. The van der Waals surface area contributed by atoms with Gasteiger partial charge in [0, 0.05) is 55.4 Å². The number of aryl methyl sites for hydroxylation is 1. The molecule has 0 aliphatic carbocycles. The maximum Gasteiger partial charge on any atom is 0.246 e. The predicted molar refractivity (Wildman–Crippen MR) is 103 cm³/mol. The fourth-order valence-corrected chi connectivity index (χ4v) is 3.39. The number of carbonyl (C=O) groups is 1. The number of fused-ring (bicyclic) bond motifs is 1. The van der Waals surface area contributed by atoms with Gasteiger partial charge in [-0.2, -0.15) is 0 Å². The minimum Gasteiger partial charge on any atom is -0.355 e. The Hall–Kier alpha value is -3.55. The number of hydrogen-bond acceptors (Lipinski definition) is 3. The summed E-state index contributed by atoms with van der Waals surface area (Å²) in [6, 6.07) is 5.49. The van der Waals surface area contributed by atoms with Crippen LogP contribution in [0.15, 0.2) is 49.4 Å². The van der Waals surface area contributed by atoms with Gasteiger partial charge in [0.25, 0.3) is 0 Å². The molecule has 29 heavy (non-hydrogen) atoms. The Balaban J connectivity index is 1.78. The Labute approximate surface area is 165 Å². The topological polar surface area (TPSA) is 50.2 Å². The van der Waals surface area contributed by atoms with E-state index in [2.05, 4.69) is 16.9 Å². The summed E-state index contributed by atoms with van der Waals surface area (Å²) in [5, 5.41) is 2.96. The number of imidazole rings is 1. The molecule has 0 atom stereocenters. The Morgan fingerprint density at radius 3 is 2.38 bits per heavy atom. The van der Waals surface area contributed by atoms with E-state index in [1.165, 1.54) is 6.08 Å². The smallest absolute Gasteiger partial charge is 0.246 e. The number of carbonyl (C=O) groups excluding carboxylic acids is 1. The molecule has 0 fully saturated rings. The van der Waals surface area contributed by atoms with Crippen LogP contribution in [0.25, 0.3) is 11.3 Å². The molecule has 1 amide bonds. The van der Waals surface area contributed by atoms with E-state index in [-0.39, 0.29) is 11.6 Å². The van der Waals surface area contributed by atoms with Crippen LogP contribution in [-0.4, -0.2) is 20.4 Å². The molecule has 3 aromatic rings. The second-order valence-corrected chi connectivity index (χ2v) is 6.87. The second-order valence-electron chi connectivity index (χ2n) is 6.87.